The maximum atomic E-state index is 12.3. The van der Waals surface area contributed by atoms with Crippen molar-refractivity contribution < 1.29 is 14.6 Å². The topological polar surface area (TPSA) is 75.8 Å². The second-order valence-electron chi connectivity index (χ2n) is 5.18. The molecule has 3 unspecified atom stereocenters. The van der Waals surface area contributed by atoms with Gasteiger partial charge in [0.05, 0.1) is 12.7 Å². The van der Waals surface area contributed by atoms with Gasteiger partial charge in [-0.25, -0.2) is 0 Å². The Morgan fingerprint density at radius 3 is 2.83 bits per heavy atom. The Labute approximate surface area is 109 Å². The van der Waals surface area contributed by atoms with E-state index in [0.29, 0.717) is 6.42 Å². The van der Waals surface area contributed by atoms with Gasteiger partial charge in [0.1, 0.15) is 6.04 Å². The Bertz CT molecular complexity index is 259. The molecule has 1 saturated heterocycles. The minimum Gasteiger partial charge on any atom is -0.393 e. The van der Waals surface area contributed by atoms with Gasteiger partial charge in [0.15, 0.2) is 0 Å². The molecule has 0 bridgehead atoms. The normalized spacial score (nSPS) is 24.4. The maximum Gasteiger partial charge on any atom is 0.242 e. The highest BCUT2D eigenvalue weighted by Crippen LogP contribution is 2.21. The Morgan fingerprint density at radius 2 is 2.22 bits per heavy atom. The van der Waals surface area contributed by atoms with Gasteiger partial charge in [-0.05, 0) is 26.2 Å². The molecule has 5 nitrogen and oxygen atoms in total. The minimum absolute atomic E-state index is 0.0515. The monoisotopic (exact) mass is 258 g/mol. The van der Waals surface area contributed by atoms with Crippen molar-refractivity contribution in [3.63, 3.8) is 0 Å². The number of ether oxygens (including phenoxy) is 1. The van der Waals surface area contributed by atoms with E-state index < -0.39 is 6.04 Å². The van der Waals surface area contributed by atoms with Crippen LogP contribution in [0.25, 0.3) is 0 Å². The number of amides is 1. The van der Waals surface area contributed by atoms with Crippen LogP contribution in [0, 0.1) is 0 Å². The first-order chi connectivity index (χ1) is 8.56. The molecule has 106 valence electrons. The molecule has 3 atom stereocenters. The number of carbonyl (C=O) groups excluding carboxylic acids is 1. The lowest BCUT2D eigenvalue weighted by Crippen LogP contribution is -2.50. The molecule has 1 fully saturated rings. The van der Waals surface area contributed by atoms with E-state index in [1.807, 2.05) is 4.90 Å². The largest absolute Gasteiger partial charge is 0.393 e. The molecule has 5 heteroatoms. The molecule has 1 aliphatic heterocycles. The number of likely N-dealkylation sites (tertiary alicyclic amines) is 1. The fourth-order valence-electron chi connectivity index (χ4n) is 2.57. The Kier molecular flexibility index (Phi) is 6.60. The summed E-state index contributed by atoms with van der Waals surface area (Å²) in [5.74, 6) is -0.0515. The van der Waals surface area contributed by atoms with E-state index >= 15 is 0 Å². The fourth-order valence-corrected chi connectivity index (χ4v) is 2.57. The SMILES string of the molecule is COCC(N)C(=O)N1CCCCCC1CC(C)O. The van der Waals surface area contributed by atoms with Crippen molar-refractivity contribution in [3.8, 4) is 0 Å². The summed E-state index contributed by atoms with van der Waals surface area (Å²) < 4.78 is 4.94. The first-order valence-corrected chi connectivity index (χ1v) is 6.79. The van der Waals surface area contributed by atoms with Gasteiger partial charge in [0.2, 0.25) is 5.91 Å². The number of rotatable bonds is 5. The van der Waals surface area contributed by atoms with Crippen molar-refractivity contribution in [2.45, 2.75) is 57.2 Å². The molecule has 18 heavy (non-hydrogen) atoms. The van der Waals surface area contributed by atoms with Gasteiger partial charge in [-0.3, -0.25) is 4.79 Å². The van der Waals surface area contributed by atoms with Crippen LogP contribution in [0.4, 0.5) is 0 Å². The summed E-state index contributed by atoms with van der Waals surface area (Å²) in [7, 11) is 1.54. The van der Waals surface area contributed by atoms with Crippen LogP contribution in [0.2, 0.25) is 0 Å². The van der Waals surface area contributed by atoms with E-state index in [2.05, 4.69) is 0 Å². The van der Waals surface area contributed by atoms with Crippen LogP contribution < -0.4 is 5.73 Å². The van der Waals surface area contributed by atoms with Crippen LogP contribution >= 0.6 is 0 Å². The number of aliphatic hydroxyl groups excluding tert-OH is 1. The molecule has 0 spiro atoms. The smallest absolute Gasteiger partial charge is 0.242 e. The second-order valence-corrected chi connectivity index (χ2v) is 5.18. The van der Waals surface area contributed by atoms with Crippen molar-refractivity contribution in [1.82, 2.24) is 4.90 Å². The fraction of sp³-hybridized carbons (Fsp3) is 0.923. The van der Waals surface area contributed by atoms with Crippen LogP contribution in [0.3, 0.4) is 0 Å². The van der Waals surface area contributed by atoms with Gasteiger partial charge in [-0.2, -0.15) is 0 Å². The molecule has 0 aromatic heterocycles. The lowest BCUT2D eigenvalue weighted by Gasteiger charge is -2.32. The van der Waals surface area contributed by atoms with E-state index in [1.165, 1.54) is 0 Å². The van der Waals surface area contributed by atoms with Crippen molar-refractivity contribution >= 4 is 5.91 Å². The van der Waals surface area contributed by atoms with Crippen LogP contribution in [-0.4, -0.2) is 54.4 Å². The molecule has 0 radical (unpaired) electrons. The van der Waals surface area contributed by atoms with E-state index in [-0.39, 0.29) is 24.7 Å². The number of methoxy groups -OCH3 is 1. The lowest BCUT2D eigenvalue weighted by atomic mass is 10.0. The summed E-state index contributed by atoms with van der Waals surface area (Å²) in [4.78, 5) is 14.1. The molecule has 1 aliphatic rings. The Morgan fingerprint density at radius 1 is 1.50 bits per heavy atom. The summed E-state index contributed by atoms with van der Waals surface area (Å²) in [6.45, 7) is 2.76. The second kappa shape index (κ2) is 7.71. The van der Waals surface area contributed by atoms with Crippen LogP contribution in [0.5, 0.6) is 0 Å². The van der Waals surface area contributed by atoms with Gasteiger partial charge < -0.3 is 20.5 Å². The number of hydrogen-bond donors (Lipinski definition) is 2. The summed E-state index contributed by atoms with van der Waals surface area (Å²) in [6.07, 6.45) is 4.46. The van der Waals surface area contributed by atoms with Crippen molar-refractivity contribution in [3.05, 3.63) is 0 Å². The molecular weight excluding hydrogens is 232 g/mol. The molecule has 3 N–H and O–H groups in total. The lowest BCUT2D eigenvalue weighted by molar-refractivity contribution is -0.136. The zero-order valence-electron chi connectivity index (χ0n) is 11.5. The Hall–Kier alpha value is -0.650. The average molecular weight is 258 g/mol. The molecule has 1 rings (SSSR count). The summed E-state index contributed by atoms with van der Waals surface area (Å²) in [5.41, 5.74) is 5.82. The zero-order chi connectivity index (χ0) is 13.5. The third kappa shape index (κ3) is 4.55. The maximum absolute atomic E-state index is 12.3. The third-order valence-corrected chi connectivity index (χ3v) is 3.44. The highest BCUT2D eigenvalue weighted by atomic mass is 16.5. The summed E-state index contributed by atoms with van der Waals surface area (Å²) >= 11 is 0. The van der Waals surface area contributed by atoms with E-state index in [0.717, 1.165) is 32.2 Å². The van der Waals surface area contributed by atoms with Crippen LogP contribution in [0.15, 0.2) is 0 Å². The highest BCUT2D eigenvalue weighted by Gasteiger charge is 2.29. The highest BCUT2D eigenvalue weighted by molar-refractivity contribution is 5.82. The van der Waals surface area contributed by atoms with Crippen molar-refractivity contribution in [2.75, 3.05) is 20.3 Å². The molecular formula is C13H26N2O3. The first kappa shape index (κ1) is 15.4. The minimum atomic E-state index is -0.593. The summed E-state index contributed by atoms with van der Waals surface area (Å²) in [5, 5.41) is 9.54. The molecule has 1 heterocycles. The quantitative estimate of drug-likeness (QED) is 0.753. The van der Waals surface area contributed by atoms with E-state index in [9.17, 15) is 9.90 Å². The van der Waals surface area contributed by atoms with Crippen LogP contribution in [0.1, 0.15) is 39.0 Å². The number of nitrogens with zero attached hydrogens (tertiary/aromatic N) is 1. The third-order valence-electron chi connectivity index (χ3n) is 3.44. The number of nitrogens with two attached hydrogens (primary N) is 1. The predicted octanol–water partition coefficient (Wildman–Crippen LogP) is 0.502. The van der Waals surface area contributed by atoms with Gasteiger partial charge >= 0.3 is 0 Å². The molecule has 0 saturated carbocycles. The number of hydrogen-bond acceptors (Lipinski definition) is 4. The van der Waals surface area contributed by atoms with Gasteiger partial charge in [0.25, 0.3) is 0 Å². The number of aliphatic hydroxyl groups is 1. The van der Waals surface area contributed by atoms with E-state index in [4.69, 9.17) is 10.5 Å². The average Bonchev–Trinajstić information content (AvgIpc) is 2.53. The zero-order valence-corrected chi connectivity index (χ0v) is 11.5. The Balaban J connectivity index is 2.68. The summed E-state index contributed by atoms with van der Waals surface area (Å²) in [6, 6.07) is -0.479. The molecule has 0 aromatic carbocycles. The standard InChI is InChI=1S/C13H26N2O3/c1-10(16)8-11-6-4-3-5-7-15(11)13(17)12(14)9-18-2/h10-12,16H,3-9,14H2,1-2H3. The van der Waals surface area contributed by atoms with Crippen LogP contribution in [-0.2, 0) is 9.53 Å². The molecule has 0 aromatic rings. The van der Waals surface area contributed by atoms with Gasteiger partial charge in [0, 0.05) is 19.7 Å². The van der Waals surface area contributed by atoms with Crippen molar-refractivity contribution in [2.24, 2.45) is 5.73 Å². The molecule has 0 aliphatic carbocycles. The van der Waals surface area contributed by atoms with Gasteiger partial charge in [-0.15, -0.1) is 0 Å². The first-order valence-electron chi connectivity index (χ1n) is 6.79. The van der Waals surface area contributed by atoms with Crippen molar-refractivity contribution in [1.29, 1.82) is 0 Å². The molecule has 1 amide bonds. The predicted molar refractivity (Wildman–Crippen MR) is 70.1 cm³/mol. The van der Waals surface area contributed by atoms with E-state index in [1.54, 1.807) is 14.0 Å². The van der Waals surface area contributed by atoms with Gasteiger partial charge in [-0.1, -0.05) is 12.8 Å². The number of carbonyl (C=O) groups is 1.